The van der Waals surface area contributed by atoms with Gasteiger partial charge in [-0.05, 0) is 0 Å². The van der Waals surface area contributed by atoms with Gasteiger partial charge in [0.15, 0.2) is 5.82 Å². The lowest BCUT2D eigenvalue weighted by Crippen LogP contribution is -2.16. The maximum absolute atomic E-state index is 5.52. The number of nitrogens with two attached hydrogens (primary N) is 1. The van der Waals surface area contributed by atoms with E-state index in [-0.39, 0.29) is 6.10 Å². The number of hydrogen-bond acceptors (Lipinski definition) is 5. The van der Waals surface area contributed by atoms with Gasteiger partial charge in [0.2, 0.25) is 0 Å². The van der Waals surface area contributed by atoms with Crippen LogP contribution in [0.3, 0.4) is 0 Å². The Morgan fingerprint density at radius 3 is 3.23 bits per heavy atom. The van der Waals surface area contributed by atoms with Crippen LogP contribution in [0.25, 0.3) is 0 Å². The van der Waals surface area contributed by atoms with E-state index in [2.05, 4.69) is 15.2 Å². The van der Waals surface area contributed by atoms with Gasteiger partial charge in [-0.15, -0.1) is 0 Å². The van der Waals surface area contributed by atoms with Crippen molar-refractivity contribution in [2.75, 3.05) is 18.1 Å². The Hall–Kier alpha value is -0.590. The van der Waals surface area contributed by atoms with Gasteiger partial charge in [-0.25, -0.2) is 4.98 Å². The number of nitrogens with zero attached hydrogens (tertiary/aromatic N) is 2. The van der Waals surface area contributed by atoms with Crippen LogP contribution >= 0.6 is 11.8 Å². The maximum Gasteiger partial charge on any atom is 0.180 e. The van der Waals surface area contributed by atoms with Crippen LogP contribution < -0.4 is 5.73 Å². The minimum absolute atomic E-state index is 0.0373. The standard InChI is InChI=1S/C7H12N4OS/c8-3-6-9-7(11-10-6)5-4-13-2-1-12-5/h5H,1-4,8H2,(H,9,10,11). The topological polar surface area (TPSA) is 76.8 Å². The summed E-state index contributed by atoms with van der Waals surface area (Å²) in [7, 11) is 0. The minimum Gasteiger partial charge on any atom is -0.368 e. The van der Waals surface area contributed by atoms with Gasteiger partial charge >= 0.3 is 0 Å². The molecule has 0 spiro atoms. The van der Waals surface area contributed by atoms with Gasteiger partial charge in [0.25, 0.3) is 0 Å². The molecule has 72 valence electrons. The van der Waals surface area contributed by atoms with Crippen molar-refractivity contribution in [1.82, 2.24) is 15.2 Å². The fraction of sp³-hybridized carbons (Fsp3) is 0.714. The summed E-state index contributed by atoms with van der Waals surface area (Å²) in [6, 6.07) is 0. The second-order valence-corrected chi connectivity index (χ2v) is 3.93. The third-order valence-corrected chi connectivity index (χ3v) is 2.84. The number of thioether (sulfide) groups is 1. The molecule has 1 fully saturated rings. The number of aromatic nitrogens is 3. The van der Waals surface area contributed by atoms with Gasteiger partial charge in [-0.2, -0.15) is 16.9 Å². The number of ether oxygens (including phenoxy) is 1. The first-order valence-corrected chi connectivity index (χ1v) is 5.36. The summed E-state index contributed by atoms with van der Waals surface area (Å²) in [5.74, 6) is 3.44. The fourth-order valence-electron chi connectivity index (χ4n) is 1.18. The summed E-state index contributed by atoms with van der Waals surface area (Å²) in [5.41, 5.74) is 5.41. The Morgan fingerprint density at radius 2 is 2.62 bits per heavy atom. The molecule has 13 heavy (non-hydrogen) atoms. The van der Waals surface area contributed by atoms with Crippen molar-refractivity contribution >= 4 is 11.8 Å². The Kier molecular flexibility index (Phi) is 2.82. The average Bonchev–Trinajstić information content (AvgIpc) is 2.67. The van der Waals surface area contributed by atoms with Crippen LogP contribution in [0.2, 0.25) is 0 Å². The Bertz CT molecular complexity index is 271. The maximum atomic E-state index is 5.52. The Balaban J connectivity index is 2.05. The van der Waals surface area contributed by atoms with Crippen LogP contribution in [-0.2, 0) is 11.3 Å². The van der Waals surface area contributed by atoms with E-state index >= 15 is 0 Å². The molecule has 0 amide bonds. The highest BCUT2D eigenvalue weighted by Gasteiger charge is 2.20. The van der Waals surface area contributed by atoms with Crippen molar-refractivity contribution in [3.63, 3.8) is 0 Å². The third kappa shape index (κ3) is 2.01. The number of H-pyrrole nitrogens is 1. The van der Waals surface area contributed by atoms with E-state index in [1.165, 1.54) is 0 Å². The van der Waals surface area contributed by atoms with Crippen molar-refractivity contribution in [3.8, 4) is 0 Å². The lowest BCUT2D eigenvalue weighted by Gasteiger charge is -2.19. The molecule has 0 aliphatic carbocycles. The van der Waals surface area contributed by atoms with E-state index in [1.54, 1.807) is 0 Å². The summed E-state index contributed by atoms with van der Waals surface area (Å²) in [5, 5.41) is 6.83. The average molecular weight is 200 g/mol. The lowest BCUT2D eigenvalue weighted by atomic mass is 10.4. The molecule has 1 aliphatic rings. The smallest absolute Gasteiger partial charge is 0.180 e. The minimum atomic E-state index is 0.0373. The summed E-state index contributed by atoms with van der Waals surface area (Å²) < 4.78 is 5.52. The van der Waals surface area contributed by atoms with Gasteiger partial charge in [-0.3, -0.25) is 5.10 Å². The van der Waals surface area contributed by atoms with Crippen LogP contribution in [0.15, 0.2) is 0 Å². The monoisotopic (exact) mass is 200 g/mol. The van der Waals surface area contributed by atoms with Crippen molar-refractivity contribution in [2.24, 2.45) is 5.73 Å². The van der Waals surface area contributed by atoms with Gasteiger partial charge in [-0.1, -0.05) is 0 Å². The first kappa shape index (κ1) is 8.98. The van der Waals surface area contributed by atoms with E-state index in [9.17, 15) is 0 Å². The van der Waals surface area contributed by atoms with Gasteiger partial charge in [0.1, 0.15) is 11.9 Å². The zero-order chi connectivity index (χ0) is 9.10. The van der Waals surface area contributed by atoms with Gasteiger partial charge in [0.05, 0.1) is 13.2 Å². The SMILES string of the molecule is NCc1nc(C2CSCCO2)n[nH]1. The second-order valence-electron chi connectivity index (χ2n) is 2.78. The van der Waals surface area contributed by atoms with Crippen molar-refractivity contribution < 1.29 is 4.74 Å². The molecule has 2 rings (SSSR count). The largest absolute Gasteiger partial charge is 0.368 e. The van der Waals surface area contributed by atoms with Crippen LogP contribution in [0.5, 0.6) is 0 Å². The number of hydrogen-bond donors (Lipinski definition) is 2. The predicted octanol–water partition coefficient (Wildman–Crippen LogP) is 0.0679. The molecule has 5 nitrogen and oxygen atoms in total. The molecule has 1 aromatic rings. The molecule has 1 atom stereocenters. The molecular formula is C7H12N4OS. The molecule has 0 radical (unpaired) electrons. The summed E-state index contributed by atoms with van der Waals surface area (Å²) in [6.45, 7) is 1.18. The summed E-state index contributed by atoms with van der Waals surface area (Å²) in [6.07, 6.45) is 0.0373. The molecule has 0 aromatic carbocycles. The van der Waals surface area contributed by atoms with Crippen molar-refractivity contribution in [3.05, 3.63) is 11.6 Å². The number of aromatic amines is 1. The summed E-state index contributed by atoms with van der Waals surface area (Å²) >= 11 is 1.86. The zero-order valence-electron chi connectivity index (χ0n) is 7.19. The molecule has 6 heteroatoms. The normalized spacial score (nSPS) is 23.3. The fourth-order valence-corrected chi connectivity index (χ4v) is 2.02. The van der Waals surface area contributed by atoms with E-state index in [0.717, 1.165) is 23.9 Å². The first-order chi connectivity index (χ1) is 6.40. The number of nitrogens with one attached hydrogen (secondary N) is 1. The highest BCUT2D eigenvalue weighted by atomic mass is 32.2. The second kappa shape index (κ2) is 4.08. The molecule has 0 bridgehead atoms. The van der Waals surface area contributed by atoms with Crippen LogP contribution in [-0.4, -0.2) is 33.3 Å². The summed E-state index contributed by atoms with van der Waals surface area (Å²) in [4.78, 5) is 4.22. The van der Waals surface area contributed by atoms with Crippen LogP contribution in [0.1, 0.15) is 17.8 Å². The van der Waals surface area contributed by atoms with Crippen LogP contribution in [0, 0.1) is 0 Å². The van der Waals surface area contributed by atoms with E-state index in [4.69, 9.17) is 10.5 Å². The molecule has 2 heterocycles. The molecular weight excluding hydrogens is 188 g/mol. The van der Waals surface area contributed by atoms with Gasteiger partial charge in [0, 0.05) is 11.5 Å². The Labute approximate surface area is 80.4 Å². The quantitative estimate of drug-likeness (QED) is 0.706. The molecule has 1 unspecified atom stereocenters. The molecule has 1 saturated heterocycles. The van der Waals surface area contributed by atoms with E-state index in [1.807, 2.05) is 11.8 Å². The lowest BCUT2D eigenvalue weighted by molar-refractivity contribution is 0.0696. The first-order valence-electron chi connectivity index (χ1n) is 4.20. The highest BCUT2D eigenvalue weighted by Crippen LogP contribution is 2.23. The molecule has 3 N–H and O–H groups in total. The highest BCUT2D eigenvalue weighted by molar-refractivity contribution is 7.99. The molecule has 1 aromatic heterocycles. The Morgan fingerprint density at radius 1 is 1.69 bits per heavy atom. The third-order valence-electron chi connectivity index (χ3n) is 1.85. The van der Waals surface area contributed by atoms with E-state index in [0.29, 0.717) is 12.4 Å². The molecule has 0 saturated carbocycles. The predicted molar refractivity (Wildman–Crippen MR) is 50.3 cm³/mol. The van der Waals surface area contributed by atoms with Gasteiger partial charge < -0.3 is 10.5 Å². The van der Waals surface area contributed by atoms with Crippen molar-refractivity contribution in [1.29, 1.82) is 0 Å². The molecule has 1 aliphatic heterocycles. The zero-order valence-corrected chi connectivity index (χ0v) is 8.01. The van der Waals surface area contributed by atoms with Crippen LogP contribution in [0.4, 0.5) is 0 Å². The number of rotatable bonds is 2. The van der Waals surface area contributed by atoms with Crippen molar-refractivity contribution in [2.45, 2.75) is 12.6 Å². The van der Waals surface area contributed by atoms with E-state index < -0.39 is 0 Å².